The number of aromatic nitrogens is 2. The van der Waals surface area contributed by atoms with Crippen LogP contribution in [0.4, 0.5) is 9.18 Å². The van der Waals surface area contributed by atoms with Crippen LogP contribution in [0, 0.1) is 5.82 Å². The number of benzene rings is 1. The second kappa shape index (κ2) is 7.68. The third-order valence-corrected chi connectivity index (χ3v) is 4.76. The Bertz CT molecular complexity index is 702. The van der Waals surface area contributed by atoms with E-state index in [0.29, 0.717) is 18.5 Å². The summed E-state index contributed by atoms with van der Waals surface area (Å²) in [5.41, 5.74) is 0.892. The van der Waals surface area contributed by atoms with Gasteiger partial charge in [-0.15, -0.1) is 0 Å². The Balaban J connectivity index is 1.50. The fourth-order valence-electron chi connectivity index (χ4n) is 3.31. The number of rotatable bonds is 4. The van der Waals surface area contributed by atoms with E-state index in [1.54, 1.807) is 12.1 Å². The summed E-state index contributed by atoms with van der Waals surface area (Å²) in [5, 5.41) is 2.91. The zero-order chi connectivity index (χ0) is 17.8. The summed E-state index contributed by atoms with van der Waals surface area (Å²) in [5.74, 6) is 1.26. The molecule has 0 saturated carbocycles. The first-order chi connectivity index (χ1) is 12.0. The van der Waals surface area contributed by atoms with Crippen LogP contribution < -0.4 is 5.32 Å². The molecule has 6 heteroatoms. The first-order valence-corrected chi connectivity index (χ1v) is 8.84. The lowest BCUT2D eigenvalue weighted by Crippen LogP contribution is -2.44. The molecule has 1 aliphatic rings. The van der Waals surface area contributed by atoms with Gasteiger partial charge in [0.2, 0.25) is 0 Å². The summed E-state index contributed by atoms with van der Waals surface area (Å²) in [7, 11) is 0. The normalized spacial score (nSPS) is 15.6. The summed E-state index contributed by atoms with van der Waals surface area (Å²) < 4.78 is 15.1. The maximum absolute atomic E-state index is 12.9. The first-order valence-electron chi connectivity index (χ1n) is 8.84. The number of carbonyl (C=O) groups excluding carboxylic acids is 1. The number of imidazole rings is 1. The fraction of sp³-hybridized carbons (Fsp3) is 0.474. The van der Waals surface area contributed by atoms with Gasteiger partial charge < -0.3 is 14.8 Å². The van der Waals surface area contributed by atoms with Crippen molar-refractivity contribution in [3.8, 4) is 0 Å². The molecule has 2 heterocycles. The van der Waals surface area contributed by atoms with Crippen LogP contribution in [0.2, 0.25) is 0 Å². The van der Waals surface area contributed by atoms with Crippen LogP contribution in [-0.4, -0.2) is 33.6 Å². The van der Waals surface area contributed by atoms with Gasteiger partial charge >= 0.3 is 6.03 Å². The summed E-state index contributed by atoms with van der Waals surface area (Å²) in [6, 6.07) is 6.53. The minimum absolute atomic E-state index is 0.0602. The van der Waals surface area contributed by atoms with Gasteiger partial charge in [0, 0.05) is 44.0 Å². The second-order valence-corrected chi connectivity index (χ2v) is 6.83. The molecule has 0 atom stereocenters. The number of urea groups is 1. The van der Waals surface area contributed by atoms with E-state index >= 15 is 0 Å². The molecule has 2 aromatic rings. The molecule has 1 aromatic carbocycles. The van der Waals surface area contributed by atoms with E-state index in [0.717, 1.165) is 37.3 Å². The summed E-state index contributed by atoms with van der Waals surface area (Å²) in [4.78, 5) is 18.7. The lowest BCUT2D eigenvalue weighted by molar-refractivity contribution is 0.179. The molecule has 1 aliphatic heterocycles. The molecule has 0 radical (unpaired) electrons. The molecule has 5 nitrogen and oxygen atoms in total. The summed E-state index contributed by atoms with van der Waals surface area (Å²) >= 11 is 0. The number of amides is 2. The molecular formula is C19H25FN4O. The minimum Gasteiger partial charge on any atom is -0.334 e. The molecule has 0 aliphatic carbocycles. The summed E-state index contributed by atoms with van der Waals surface area (Å²) in [6.07, 6.45) is 5.74. The number of hydrogen-bond acceptors (Lipinski definition) is 2. The van der Waals surface area contributed by atoms with Gasteiger partial charge in [-0.25, -0.2) is 14.2 Å². The van der Waals surface area contributed by atoms with Gasteiger partial charge in [-0.1, -0.05) is 12.1 Å². The fourth-order valence-corrected chi connectivity index (χ4v) is 3.31. The molecule has 0 unspecified atom stereocenters. The maximum atomic E-state index is 12.9. The zero-order valence-electron chi connectivity index (χ0n) is 14.8. The zero-order valence-corrected chi connectivity index (χ0v) is 14.8. The van der Waals surface area contributed by atoms with Crippen molar-refractivity contribution in [2.75, 3.05) is 13.1 Å². The topological polar surface area (TPSA) is 50.2 Å². The second-order valence-electron chi connectivity index (χ2n) is 6.83. The number of likely N-dealkylation sites (tertiary alicyclic amines) is 1. The Morgan fingerprint density at radius 3 is 2.60 bits per heavy atom. The molecular weight excluding hydrogens is 319 g/mol. The van der Waals surface area contributed by atoms with E-state index in [1.165, 1.54) is 12.1 Å². The van der Waals surface area contributed by atoms with E-state index < -0.39 is 0 Å². The Hall–Kier alpha value is -2.37. The average Bonchev–Trinajstić information content (AvgIpc) is 3.11. The molecule has 1 aromatic heterocycles. The van der Waals surface area contributed by atoms with E-state index in [4.69, 9.17) is 0 Å². The quantitative estimate of drug-likeness (QED) is 0.919. The number of carbonyl (C=O) groups is 1. The van der Waals surface area contributed by atoms with Crippen LogP contribution in [0.15, 0.2) is 36.7 Å². The van der Waals surface area contributed by atoms with E-state index in [-0.39, 0.29) is 11.8 Å². The molecule has 2 amide bonds. The highest BCUT2D eigenvalue weighted by Gasteiger charge is 2.26. The van der Waals surface area contributed by atoms with E-state index in [9.17, 15) is 9.18 Å². The van der Waals surface area contributed by atoms with Gasteiger partial charge in [0.25, 0.3) is 0 Å². The van der Waals surface area contributed by atoms with Crippen molar-refractivity contribution >= 4 is 6.03 Å². The highest BCUT2D eigenvalue weighted by Crippen LogP contribution is 2.28. The smallest absolute Gasteiger partial charge is 0.317 e. The van der Waals surface area contributed by atoms with Crippen molar-refractivity contribution in [2.45, 2.75) is 45.2 Å². The average molecular weight is 344 g/mol. The lowest BCUT2D eigenvalue weighted by atomic mass is 9.96. The number of nitrogens with zero attached hydrogens (tertiary/aromatic N) is 3. The number of nitrogens with one attached hydrogen (secondary N) is 1. The Morgan fingerprint density at radius 2 is 1.96 bits per heavy atom. The summed E-state index contributed by atoms with van der Waals surface area (Å²) in [6.45, 7) is 6.18. The minimum atomic E-state index is -0.267. The van der Waals surface area contributed by atoms with Crippen molar-refractivity contribution < 1.29 is 9.18 Å². The largest absolute Gasteiger partial charge is 0.334 e. The van der Waals surface area contributed by atoms with Crippen molar-refractivity contribution in [1.82, 2.24) is 19.8 Å². The molecule has 25 heavy (non-hydrogen) atoms. The predicted octanol–water partition coefficient (Wildman–Crippen LogP) is 3.69. The van der Waals surface area contributed by atoms with Crippen LogP contribution in [0.25, 0.3) is 0 Å². The third-order valence-electron chi connectivity index (χ3n) is 4.76. The molecule has 1 fully saturated rings. The SMILES string of the molecule is CC(C)n1ccnc1C1CCN(C(=O)NCc2ccc(F)cc2)CC1. The van der Waals surface area contributed by atoms with Crippen LogP contribution in [-0.2, 0) is 6.54 Å². The van der Waals surface area contributed by atoms with Crippen LogP contribution in [0.1, 0.15) is 50.0 Å². The van der Waals surface area contributed by atoms with Gasteiger partial charge in [0.15, 0.2) is 0 Å². The number of hydrogen-bond donors (Lipinski definition) is 1. The van der Waals surface area contributed by atoms with Gasteiger partial charge in [-0.2, -0.15) is 0 Å². The Labute approximate surface area is 147 Å². The molecule has 3 rings (SSSR count). The number of halogens is 1. The van der Waals surface area contributed by atoms with Gasteiger partial charge in [-0.3, -0.25) is 0 Å². The van der Waals surface area contributed by atoms with Crippen molar-refractivity contribution in [2.24, 2.45) is 0 Å². The maximum Gasteiger partial charge on any atom is 0.317 e. The highest BCUT2D eigenvalue weighted by molar-refractivity contribution is 5.74. The van der Waals surface area contributed by atoms with Crippen molar-refractivity contribution in [3.63, 3.8) is 0 Å². The Kier molecular flexibility index (Phi) is 5.36. The van der Waals surface area contributed by atoms with Gasteiger partial charge in [0.05, 0.1) is 0 Å². The molecule has 1 N–H and O–H groups in total. The third kappa shape index (κ3) is 4.18. The van der Waals surface area contributed by atoms with E-state index in [2.05, 4.69) is 28.7 Å². The standard InChI is InChI=1S/C19H25FN4O/c1-14(2)24-12-9-21-18(24)16-7-10-23(11-8-16)19(25)22-13-15-3-5-17(20)6-4-15/h3-6,9,12,14,16H,7-8,10-11,13H2,1-2H3,(H,22,25). The van der Waals surface area contributed by atoms with Crippen LogP contribution in [0.3, 0.4) is 0 Å². The van der Waals surface area contributed by atoms with Gasteiger partial charge in [0.1, 0.15) is 11.6 Å². The molecule has 1 saturated heterocycles. The monoisotopic (exact) mass is 344 g/mol. The van der Waals surface area contributed by atoms with Crippen LogP contribution in [0.5, 0.6) is 0 Å². The van der Waals surface area contributed by atoms with Crippen LogP contribution >= 0.6 is 0 Å². The molecule has 134 valence electrons. The van der Waals surface area contributed by atoms with Gasteiger partial charge in [-0.05, 0) is 44.4 Å². The predicted molar refractivity (Wildman–Crippen MR) is 94.8 cm³/mol. The molecule has 0 spiro atoms. The first kappa shape index (κ1) is 17.5. The van der Waals surface area contributed by atoms with E-state index in [1.807, 2.05) is 17.3 Å². The van der Waals surface area contributed by atoms with Crippen molar-refractivity contribution in [3.05, 3.63) is 53.9 Å². The van der Waals surface area contributed by atoms with Crippen molar-refractivity contribution in [1.29, 1.82) is 0 Å². The Morgan fingerprint density at radius 1 is 1.28 bits per heavy atom. The lowest BCUT2D eigenvalue weighted by Gasteiger charge is -2.32. The number of piperidine rings is 1. The highest BCUT2D eigenvalue weighted by atomic mass is 19.1. The molecule has 0 bridgehead atoms.